The maximum atomic E-state index is 12.5. The number of aliphatic imine (C=N–C) groups is 1. The summed E-state index contributed by atoms with van der Waals surface area (Å²) in [7, 11) is 0. The molecule has 178 valence electrons. The van der Waals surface area contributed by atoms with E-state index in [4.69, 9.17) is 14.5 Å². The van der Waals surface area contributed by atoms with Crippen LogP contribution in [0, 0.1) is 11.8 Å². The van der Waals surface area contributed by atoms with E-state index < -0.39 is 0 Å². The fourth-order valence-electron chi connectivity index (χ4n) is 4.21. The highest BCUT2D eigenvalue weighted by atomic mass is 16.5. The molecule has 0 aromatic heterocycles. The molecule has 1 aromatic rings. The molecule has 1 heterocycles. The third-order valence-corrected chi connectivity index (χ3v) is 6.07. The molecule has 1 saturated heterocycles. The summed E-state index contributed by atoms with van der Waals surface area (Å²) in [4.78, 5) is 17.2. The molecule has 1 unspecified atom stereocenters. The van der Waals surface area contributed by atoms with Crippen LogP contribution in [0.25, 0.3) is 0 Å². The first-order valence-corrected chi connectivity index (χ1v) is 12.3. The van der Waals surface area contributed by atoms with Crippen molar-refractivity contribution in [1.29, 1.82) is 0 Å². The number of amides is 1. The van der Waals surface area contributed by atoms with Gasteiger partial charge in [-0.15, -0.1) is 0 Å². The minimum absolute atomic E-state index is 0.156. The lowest BCUT2D eigenvalue weighted by Crippen LogP contribution is -2.38. The normalized spacial score (nSPS) is 19.7. The number of hydrogen-bond acceptors (Lipinski definition) is 4. The molecule has 0 radical (unpaired) electrons. The number of anilines is 1. The zero-order valence-corrected chi connectivity index (χ0v) is 19.5. The molecule has 3 N–H and O–H groups in total. The number of ether oxygens (including phenoxy) is 2. The highest BCUT2D eigenvalue weighted by Crippen LogP contribution is 2.25. The molecule has 1 saturated carbocycles. The minimum atomic E-state index is 0.156. The Balaban J connectivity index is 1.40. The van der Waals surface area contributed by atoms with E-state index in [2.05, 4.69) is 22.9 Å². The van der Waals surface area contributed by atoms with Crippen LogP contribution in [0.15, 0.2) is 29.3 Å². The molecule has 2 fully saturated rings. The lowest BCUT2D eigenvalue weighted by atomic mass is 9.88. The van der Waals surface area contributed by atoms with Crippen molar-refractivity contribution >= 4 is 17.6 Å². The number of carbonyl (C=O) groups excluding carboxylic acids is 1. The number of nitrogens with zero attached hydrogens (tertiary/aromatic N) is 1. The molecule has 3 rings (SSSR count). The Hall–Kier alpha value is -2.12. The summed E-state index contributed by atoms with van der Waals surface area (Å²) < 4.78 is 11.1. The van der Waals surface area contributed by atoms with Crippen molar-refractivity contribution in [1.82, 2.24) is 10.6 Å². The molecular weight excluding hydrogens is 404 g/mol. The van der Waals surface area contributed by atoms with E-state index in [1.165, 1.54) is 6.42 Å². The largest absolute Gasteiger partial charge is 0.381 e. The SMILES string of the molecule is CCNC(=NCc1cccc(NC(=O)C2CCCCC2)c1)NCCCOCC1CCOC1. The molecule has 0 bridgehead atoms. The molecule has 7 heteroatoms. The van der Waals surface area contributed by atoms with Crippen LogP contribution in [-0.4, -0.2) is 51.4 Å². The van der Waals surface area contributed by atoms with Crippen molar-refractivity contribution in [2.45, 2.75) is 58.4 Å². The van der Waals surface area contributed by atoms with Crippen molar-refractivity contribution in [3.8, 4) is 0 Å². The Labute approximate surface area is 192 Å². The maximum absolute atomic E-state index is 12.5. The van der Waals surface area contributed by atoms with E-state index in [0.717, 1.165) is 95.3 Å². The van der Waals surface area contributed by atoms with Crippen LogP contribution in [-0.2, 0) is 20.8 Å². The van der Waals surface area contributed by atoms with E-state index in [1.807, 2.05) is 24.3 Å². The second kappa shape index (κ2) is 14.1. The summed E-state index contributed by atoms with van der Waals surface area (Å²) in [6, 6.07) is 8.00. The summed E-state index contributed by atoms with van der Waals surface area (Å²) in [6.07, 6.45) is 7.63. The third-order valence-electron chi connectivity index (χ3n) is 6.07. The van der Waals surface area contributed by atoms with Gasteiger partial charge in [0.1, 0.15) is 0 Å². The van der Waals surface area contributed by atoms with Crippen molar-refractivity contribution < 1.29 is 14.3 Å². The van der Waals surface area contributed by atoms with E-state index in [9.17, 15) is 4.79 Å². The van der Waals surface area contributed by atoms with Crippen LogP contribution in [0.4, 0.5) is 5.69 Å². The van der Waals surface area contributed by atoms with Crippen LogP contribution < -0.4 is 16.0 Å². The van der Waals surface area contributed by atoms with Gasteiger partial charge in [-0.05, 0) is 50.3 Å². The number of hydrogen-bond donors (Lipinski definition) is 3. The Morgan fingerprint density at radius 2 is 2.06 bits per heavy atom. The molecule has 1 atom stereocenters. The Morgan fingerprint density at radius 3 is 2.84 bits per heavy atom. The summed E-state index contributed by atoms with van der Waals surface area (Å²) in [6.45, 7) is 7.47. The van der Waals surface area contributed by atoms with Gasteiger partial charge < -0.3 is 25.4 Å². The molecule has 1 aliphatic heterocycles. The summed E-state index contributed by atoms with van der Waals surface area (Å²) in [5.41, 5.74) is 1.93. The number of carbonyl (C=O) groups is 1. The topological polar surface area (TPSA) is 84.0 Å². The summed E-state index contributed by atoms with van der Waals surface area (Å²) >= 11 is 0. The van der Waals surface area contributed by atoms with E-state index >= 15 is 0 Å². The van der Waals surface area contributed by atoms with Crippen LogP contribution in [0.1, 0.15) is 57.4 Å². The number of benzene rings is 1. The number of nitrogens with one attached hydrogen (secondary N) is 3. The fourth-order valence-corrected chi connectivity index (χ4v) is 4.21. The van der Waals surface area contributed by atoms with Gasteiger partial charge in [-0.25, -0.2) is 4.99 Å². The Bertz CT molecular complexity index is 713. The molecule has 2 aliphatic rings. The average Bonchev–Trinajstić information content (AvgIpc) is 3.34. The zero-order valence-electron chi connectivity index (χ0n) is 19.5. The van der Waals surface area contributed by atoms with Crippen LogP contribution in [0.2, 0.25) is 0 Å². The fraction of sp³-hybridized carbons (Fsp3) is 0.680. The first-order valence-electron chi connectivity index (χ1n) is 12.3. The van der Waals surface area contributed by atoms with E-state index in [1.54, 1.807) is 0 Å². The standard InChI is InChI=1S/C25H40N4O3/c1-2-26-25(27-13-7-14-31-18-21-12-15-32-19-21)28-17-20-8-6-11-23(16-20)29-24(30)22-9-4-3-5-10-22/h6,8,11,16,21-22H,2-5,7,9-10,12-15,17-19H2,1H3,(H,29,30)(H2,26,27,28). The highest BCUT2D eigenvalue weighted by Gasteiger charge is 2.21. The van der Waals surface area contributed by atoms with Crippen LogP contribution in [0.3, 0.4) is 0 Å². The Kier molecular flexibility index (Phi) is 10.8. The van der Waals surface area contributed by atoms with Gasteiger partial charge in [0.2, 0.25) is 5.91 Å². The van der Waals surface area contributed by atoms with Crippen molar-refractivity contribution in [2.24, 2.45) is 16.8 Å². The van der Waals surface area contributed by atoms with Gasteiger partial charge in [0.15, 0.2) is 5.96 Å². The second-order valence-electron chi connectivity index (χ2n) is 8.80. The minimum Gasteiger partial charge on any atom is -0.381 e. The second-order valence-corrected chi connectivity index (χ2v) is 8.80. The summed E-state index contributed by atoms with van der Waals surface area (Å²) in [5.74, 6) is 1.67. The monoisotopic (exact) mass is 444 g/mol. The average molecular weight is 445 g/mol. The smallest absolute Gasteiger partial charge is 0.227 e. The quantitative estimate of drug-likeness (QED) is 0.275. The van der Waals surface area contributed by atoms with Gasteiger partial charge in [-0.2, -0.15) is 0 Å². The van der Waals surface area contributed by atoms with Gasteiger partial charge in [-0.3, -0.25) is 4.79 Å². The van der Waals surface area contributed by atoms with Crippen LogP contribution in [0.5, 0.6) is 0 Å². The van der Waals surface area contributed by atoms with Crippen molar-refractivity contribution in [2.75, 3.05) is 44.8 Å². The summed E-state index contributed by atoms with van der Waals surface area (Å²) in [5, 5.41) is 9.76. The molecule has 32 heavy (non-hydrogen) atoms. The zero-order chi connectivity index (χ0) is 22.4. The lowest BCUT2D eigenvalue weighted by Gasteiger charge is -2.20. The molecule has 1 aromatic carbocycles. The third kappa shape index (κ3) is 8.79. The number of rotatable bonds is 11. The van der Waals surface area contributed by atoms with Gasteiger partial charge in [-0.1, -0.05) is 31.4 Å². The molecule has 1 aliphatic carbocycles. The molecule has 7 nitrogen and oxygen atoms in total. The Morgan fingerprint density at radius 1 is 1.19 bits per heavy atom. The van der Waals surface area contributed by atoms with E-state index in [-0.39, 0.29) is 11.8 Å². The van der Waals surface area contributed by atoms with Gasteiger partial charge in [0.25, 0.3) is 0 Å². The van der Waals surface area contributed by atoms with Crippen molar-refractivity contribution in [3.63, 3.8) is 0 Å². The van der Waals surface area contributed by atoms with Gasteiger partial charge in [0.05, 0.1) is 19.8 Å². The first kappa shape index (κ1) is 24.5. The molecule has 1 amide bonds. The predicted molar refractivity (Wildman–Crippen MR) is 129 cm³/mol. The van der Waals surface area contributed by atoms with Gasteiger partial charge in [0, 0.05) is 43.8 Å². The number of guanidine groups is 1. The predicted octanol–water partition coefficient (Wildman–Crippen LogP) is 3.70. The maximum Gasteiger partial charge on any atom is 0.227 e. The lowest BCUT2D eigenvalue weighted by molar-refractivity contribution is -0.120. The highest BCUT2D eigenvalue weighted by molar-refractivity contribution is 5.92. The molecule has 0 spiro atoms. The first-order chi connectivity index (χ1) is 15.7. The van der Waals surface area contributed by atoms with Crippen molar-refractivity contribution in [3.05, 3.63) is 29.8 Å². The van der Waals surface area contributed by atoms with Crippen LogP contribution >= 0.6 is 0 Å². The van der Waals surface area contributed by atoms with Gasteiger partial charge >= 0.3 is 0 Å². The molecular formula is C25H40N4O3. The van der Waals surface area contributed by atoms with E-state index in [0.29, 0.717) is 12.5 Å².